The Kier molecular flexibility index (Phi) is 5.84. The van der Waals surface area contributed by atoms with E-state index < -0.39 is 0 Å². The lowest BCUT2D eigenvalue weighted by Crippen LogP contribution is -2.14. The molecule has 0 unspecified atom stereocenters. The van der Waals surface area contributed by atoms with E-state index in [4.69, 9.17) is 4.74 Å². The minimum atomic E-state index is 0.815. The zero-order valence-corrected chi connectivity index (χ0v) is 8.83. The van der Waals surface area contributed by atoms with E-state index in [9.17, 15) is 0 Å². The van der Waals surface area contributed by atoms with Gasteiger partial charge in [0.05, 0.1) is 6.61 Å². The molecule has 2 nitrogen and oxygen atoms in total. The van der Waals surface area contributed by atoms with Gasteiger partial charge in [-0.3, -0.25) is 0 Å². The van der Waals surface area contributed by atoms with Crippen molar-refractivity contribution in [2.45, 2.75) is 19.8 Å². The van der Waals surface area contributed by atoms with Crippen molar-refractivity contribution < 1.29 is 4.74 Å². The van der Waals surface area contributed by atoms with Crippen LogP contribution in [-0.2, 0) is 0 Å². The third kappa shape index (κ3) is 4.87. The minimum Gasteiger partial charge on any atom is -0.494 e. The van der Waals surface area contributed by atoms with Crippen LogP contribution in [0.3, 0.4) is 0 Å². The molecule has 0 aliphatic carbocycles. The molecule has 1 rings (SSSR count). The Morgan fingerprint density at radius 3 is 2.64 bits per heavy atom. The van der Waals surface area contributed by atoms with Gasteiger partial charge in [-0.25, -0.2) is 0 Å². The van der Waals surface area contributed by atoms with Crippen molar-refractivity contribution in [1.29, 1.82) is 0 Å². The Labute approximate surface area is 86.3 Å². The molecule has 2 heteroatoms. The molecule has 0 atom stereocenters. The molecule has 0 fully saturated rings. The Balaban J connectivity index is 1.99. The predicted molar refractivity (Wildman–Crippen MR) is 59.7 cm³/mol. The number of nitrogens with one attached hydrogen (secondary N) is 1. The third-order valence-electron chi connectivity index (χ3n) is 2.01. The Hall–Kier alpha value is -1.02. The van der Waals surface area contributed by atoms with Crippen LogP contribution in [0.2, 0.25) is 0 Å². The second-order valence-electron chi connectivity index (χ2n) is 3.22. The van der Waals surface area contributed by atoms with Crippen molar-refractivity contribution in [3.8, 4) is 5.75 Å². The average molecular weight is 193 g/mol. The van der Waals surface area contributed by atoms with Gasteiger partial charge in [-0.1, -0.05) is 25.1 Å². The highest BCUT2D eigenvalue weighted by Crippen LogP contribution is 2.08. The SMILES string of the molecule is CCNCCCCOc1ccccc1. The van der Waals surface area contributed by atoms with Crippen LogP contribution in [0.25, 0.3) is 0 Å². The summed E-state index contributed by atoms with van der Waals surface area (Å²) in [5.41, 5.74) is 0. The molecule has 0 amide bonds. The third-order valence-corrected chi connectivity index (χ3v) is 2.01. The normalized spacial score (nSPS) is 10.1. The standard InChI is InChI=1S/C12H19NO/c1-2-13-10-6-7-11-14-12-8-4-3-5-9-12/h3-5,8-9,13H,2,6-7,10-11H2,1H3. The van der Waals surface area contributed by atoms with E-state index in [1.54, 1.807) is 0 Å². The van der Waals surface area contributed by atoms with Crippen LogP contribution < -0.4 is 10.1 Å². The lowest BCUT2D eigenvalue weighted by molar-refractivity contribution is 0.306. The lowest BCUT2D eigenvalue weighted by atomic mass is 10.3. The molecular formula is C12H19NO. The largest absolute Gasteiger partial charge is 0.494 e. The molecule has 0 aliphatic heterocycles. The van der Waals surface area contributed by atoms with Crippen molar-refractivity contribution in [2.75, 3.05) is 19.7 Å². The van der Waals surface area contributed by atoms with Gasteiger partial charge in [-0.05, 0) is 38.1 Å². The monoisotopic (exact) mass is 193 g/mol. The van der Waals surface area contributed by atoms with Crippen molar-refractivity contribution >= 4 is 0 Å². The summed E-state index contributed by atoms with van der Waals surface area (Å²) >= 11 is 0. The predicted octanol–water partition coefficient (Wildman–Crippen LogP) is 2.46. The van der Waals surface area contributed by atoms with Gasteiger partial charge in [-0.2, -0.15) is 0 Å². The molecule has 0 spiro atoms. The highest BCUT2D eigenvalue weighted by atomic mass is 16.5. The fraction of sp³-hybridized carbons (Fsp3) is 0.500. The van der Waals surface area contributed by atoms with E-state index in [1.807, 2.05) is 30.3 Å². The summed E-state index contributed by atoms with van der Waals surface area (Å²) in [6, 6.07) is 9.97. The maximum Gasteiger partial charge on any atom is 0.119 e. The van der Waals surface area contributed by atoms with Crippen LogP contribution in [0.4, 0.5) is 0 Å². The second kappa shape index (κ2) is 7.39. The number of benzene rings is 1. The van der Waals surface area contributed by atoms with Crippen molar-refractivity contribution in [2.24, 2.45) is 0 Å². The molecule has 0 radical (unpaired) electrons. The second-order valence-corrected chi connectivity index (χ2v) is 3.22. The first-order valence-corrected chi connectivity index (χ1v) is 5.32. The number of para-hydroxylation sites is 1. The molecule has 0 saturated heterocycles. The van der Waals surface area contributed by atoms with E-state index in [0.717, 1.165) is 31.9 Å². The molecule has 0 aromatic heterocycles. The highest BCUT2D eigenvalue weighted by Gasteiger charge is 1.91. The van der Waals surface area contributed by atoms with Crippen LogP contribution >= 0.6 is 0 Å². The van der Waals surface area contributed by atoms with Crippen molar-refractivity contribution in [1.82, 2.24) is 5.32 Å². The maximum atomic E-state index is 5.56. The van der Waals surface area contributed by atoms with Crippen LogP contribution in [0, 0.1) is 0 Å². The van der Waals surface area contributed by atoms with Crippen molar-refractivity contribution in [3.63, 3.8) is 0 Å². The van der Waals surface area contributed by atoms with Gasteiger partial charge in [0, 0.05) is 0 Å². The van der Waals surface area contributed by atoms with Gasteiger partial charge in [0.2, 0.25) is 0 Å². The quantitative estimate of drug-likeness (QED) is 0.672. The number of hydrogen-bond donors (Lipinski definition) is 1. The summed E-state index contributed by atoms with van der Waals surface area (Å²) in [6.07, 6.45) is 2.29. The lowest BCUT2D eigenvalue weighted by Gasteiger charge is -2.05. The average Bonchev–Trinajstić information content (AvgIpc) is 2.25. The van der Waals surface area contributed by atoms with Crippen molar-refractivity contribution in [3.05, 3.63) is 30.3 Å². The van der Waals surface area contributed by atoms with Gasteiger partial charge < -0.3 is 10.1 Å². The molecular weight excluding hydrogens is 174 g/mol. The summed E-state index contributed by atoms with van der Waals surface area (Å²) in [7, 11) is 0. The number of ether oxygens (including phenoxy) is 1. The maximum absolute atomic E-state index is 5.56. The first-order chi connectivity index (χ1) is 6.93. The van der Waals surface area contributed by atoms with E-state index in [0.29, 0.717) is 0 Å². The first-order valence-electron chi connectivity index (χ1n) is 5.32. The fourth-order valence-corrected chi connectivity index (χ4v) is 1.24. The van der Waals surface area contributed by atoms with Gasteiger partial charge in [0.25, 0.3) is 0 Å². The van der Waals surface area contributed by atoms with E-state index in [1.165, 1.54) is 6.42 Å². The molecule has 0 saturated carbocycles. The Morgan fingerprint density at radius 2 is 1.93 bits per heavy atom. The molecule has 78 valence electrons. The zero-order chi connectivity index (χ0) is 10.1. The van der Waals surface area contributed by atoms with E-state index in [2.05, 4.69) is 12.2 Å². The van der Waals surface area contributed by atoms with Gasteiger partial charge in [-0.15, -0.1) is 0 Å². The van der Waals surface area contributed by atoms with Gasteiger partial charge >= 0.3 is 0 Å². The van der Waals surface area contributed by atoms with E-state index in [-0.39, 0.29) is 0 Å². The zero-order valence-electron chi connectivity index (χ0n) is 8.83. The summed E-state index contributed by atoms with van der Waals surface area (Å²) < 4.78 is 5.56. The number of unbranched alkanes of at least 4 members (excludes halogenated alkanes) is 1. The molecule has 0 heterocycles. The summed E-state index contributed by atoms with van der Waals surface area (Å²) in [4.78, 5) is 0. The molecule has 1 aromatic rings. The molecule has 1 aromatic carbocycles. The van der Waals surface area contributed by atoms with Crippen LogP contribution in [0.1, 0.15) is 19.8 Å². The van der Waals surface area contributed by atoms with Gasteiger partial charge in [0.15, 0.2) is 0 Å². The highest BCUT2D eigenvalue weighted by molar-refractivity contribution is 5.20. The van der Waals surface area contributed by atoms with Gasteiger partial charge in [0.1, 0.15) is 5.75 Å². The minimum absolute atomic E-state index is 0.815. The fourth-order valence-electron chi connectivity index (χ4n) is 1.24. The van der Waals surface area contributed by atoms with Crippen LogP contribution in [0.15, 0.2) is 30.3 Å². The molecule has 1 N–H and O–H groups in total. The molecule has 0 bridgehead atoms. The Bertz CT molecular complexity index is 223. The van der Waals surface area contributed by atoms with E-state index >= 15 is 0 Å². The number of rotatable bonds is 7. The topological polar surface area (TPSA) is 21.3 Å². The summed E-state index contributed by atoms with van der Waals surface area (Å²) in [5.74, 6) is 0.968. The number of hydrogen-bond acceptors (Lipinski definition) is 2. The van der Waals surface area contributed by atoms with Crippen LogP contribution in [0.5, 0.6) is 5.75 Å². The summed E-state index contributed by atoms with van der Waals surface area (Å²) in [6.45, 7) is 5.09. The van der Waals surface area contributed by atoms with Crippen LogP contribution in [-0.4, -0.2) is 19.7 Å². The molecule has 0 aliphatic rings. The molecule has 14 heavy (non-hydrogen) atoms. The summed E-state index contributed by atoms with van der Waals surface area (Å²) in [5, 5.41) is 3.29. The smallest absolute Gasteiger partial charge is 0.119 e. The Morgan fingerprint density at radius 1 is 1.14 bits per heavy atom. The first kappa shape index (κ1) is 11.1.